The summed E-state index contributed by atoms with van der Waals surface area (Å²) in [6.07, 6.45) is 2.38. The van der Waals surface area contributed by atoms with Crippen LogP contribution in [0.1, 0.15) is 18.4 Å². The second-order valence-electron chi connectivity index (χ2n) is 4.72. The molecule has 2 rings (SSSR count). The Bertz CT molecular complexity index is 408. The number of thioether (sulfide) groups is 1. The molecule has 1 aromatic rings. The first kappa shape index (κ1) is 17.6. The van der Waals surface area contributed by atoms with E-state index in [2.05, 4.69) is 10.6 Å². The van der Waals surface area contributed by atoms with E-state index in [0.29, 0.717) is 11.8 Å². The van der Waals surface area contributed by atoms with Gasteiger partial charge in [0.25, 0.3) is 0 Å². The lowest BCUT2D eigenvalue weighted by molar-refractivity contribution is -0.118. The number of halogens is 2. The van der Waals surface area contributed by atoms with Crippen LogP contribution in [0.2, 0.25) is 5.02 Å². The molecule has 3 nitrogen and oxygen atoms in total. The number of amides is 1. The molecule has 1 saturated heterocycles. The van der Waals surface area contributed by atoms with Gasteiger partial charge >= 0.3 is 0 Å². The zero-order valence-electron chi connectivity index (χ0n) is 11.2. The number of hydrogen-bond acceptors (Lipinski definition) is 3. The summed E-state index contributed by atoms with van der Waals surface area (Å²) in [5.74, 6) is 1.47. The summed E-state index contributed by atoms with van der Waals surface area (Å²) in [5.41, 5.74) is 1.19. The Labute approximate surface area is 135 Å². The second-order valence-corrected chi connectivity index (χ2v) is 6.14. The third kappa shape index (κ3) is 6.35. The molecule has 1 aliphatic heterocycles. The molecule has 1 unspecified atom stereocenters. The molecule has 1 aromatic carbocycles. The predicted octanol–water partition coefficient (Wildman–Crippen LogP) is 2.86. The molecule has 1 fully saturated rings. The molecular weight excluding hydrogens is 315 g/mol. The Morgan fingerprint density at radius 1 is 1.40 bits per heavy atom. The Kier molecular flexibility index (Phi) is 8.38. The maximum atomic E-state index is 11.7. The van der Waals surface area contributed by atoms with E-state index in [4.69, 9.17) is 11.6 Å². The van der Waals surface area contributed by atoms with Crippen molar-refractivity contribution in [3.05, 3.63) is 34.9 Å². The number of benzene rings is 1. The average Bonchev–Trinajstić information content (AvgIpc) is 2.92. The lowest BCUT2D eigenvalue weighted by Crippen LogP contribution is -2.37. The zero-order valence-corrected chi connectivity index (χ0v) is 13.6. The summed E-state index contributed by atoms with van der Waals surface area (Å²) < 4.78 is 0. The molecule has 0 radical (unpaired) electrons. The third-order valence-corrected chi connectivity index (χ3v) is 4.38. The number of carbonyl (C=O) groups excluding carboxylic acids is 1. The minimum Gasteiger partial charge on any atom is -0.354 e. The molecule has 112 valence electrons. The summed E-state index contributed by atoms with van der Waals surface area (Å²) in [7, 11) is 0. The fourth-order valence-corrected chi connectivity index (χ4v) is 3.00. The summed E-state index contributed by atoms with van der Waals surface area (Å²) in [6.45, 7) is 1.83. The van der Waals surface area contributed by atoms with Crippen LogP contribution in [0, 0.1) is 0 Å². The lowest BCUT2D eigenvalue weighted by Gasteiger charge is -2.11. The predicted molar refractivity (Wildman–Crippen MR) is 88.9 cm³/mol. The van der Waals surface area contributed by atoms with Gasteiger partial charge in [0, 0.05) is 23.4 Å². The molecule has 0 spiro atoms. The van der Waals surface area contributed by atoms with E-state index in [1.807, 2.05) is 24.3 Å². The highest BCUT2D eigenvalue weighted by Gasteiger charge is 2.14. The van der Waals surface area contributed by atoms with Crippen LogP contribution in [-0.4, -0.2) is 30.8 Å². The summed E-state index contributed by atoms with van der Waals surface area (Å²) in [4.78, 5) is 11.7. The molecule has 0 aliphatic carbocycles. The van der Waals surface area contributed by atoms with E-state index >= 15 is 0 Å². The van der Waals surface area contributed by atoms with Crippen molar-refractivity contribution in [1.82, 2.24) is 10.6 Å². The minimum absolute atomic E-state index is 0. The van der Waals surface area contributed by atoms with Gasteiger partial charge in [0.1, 0.15) is 0 Å². The summed E-state index contributed by atoms with van der Waals surface area (Å²) in [5, 5.41) is 7.09. The Balaban J connectivity index is 0.00000200. The first-order valence-electron chi connectivity index (χ1n) is 6.56. The van der Waals surface area contributed by atoms with Crippen molar-refractivity contribution in [3.63, 3.8) is 0 Å². The maximum absolute atomic E-state index is 11.7. The first-order chi connectivity index (χ1) is 9.24. The fourth-order valence-electron chi connectivity index (χ4n) is 2.06. The molecule has 1 amide bonds. The molecule has 0 saturated carbocycles. The Hall–Kier alpha value is -0.420. The van der Waals surface area contributed by atoms with Crippen LogP contribution in [0.4, 0.5) is 0 Å². The smallest absolute Gasteiger partial charge is 0.230 e. The SMILES string of the molecule is Cl.O=C(CSCc1ccc(Cl)cc1)NCC1CCCN1. The van der Waals surface area contributed by atoms with E-state index < -0.39 is 0 Å². The molecule has 1 atom stereocenters. The average molecular weight is 335 g/mol. The molecule has 1 heterocycles. The highest BCUT2D eigenvalue weighted by atomic mass is 35.5. The van der Waals surface area contributed by atoms with Gasteiger partial charge in [-0.25, -0.2) is 0 Å². The summed E-state index contributed by atoms with van der Waals surface area (Å²) >= 11 is 7.45. The molecule has 0 bridgehead atoms. The van der Waals surface area contributed by atoms with Crippen molar-refractivity contribution in [2.75, 3.05) is 18.8 Å². The van der Waals surface area contributed by atoms with Gasteiger partial charge < -0.3 is 10.6 Å². The molecular formula is C14H20Cl2N2OS. The van der Waals surface area contributed by atoms with Crippen molar-refractivity contribution >= 4 is 41.7 Å². The van der Waals surface area contributed by atoms with Gasteiger partial charge in [0.15, 0.2) is 0 Å². The van der Waals surface area contributed by atoms with Crippen LogP contribution in [-0.2, 0) is 10.5 Å². The van der Waals surface area contributed by atoms with Crippen LogP contribution < -0.4 is 10.6 Å². The van der Waals surface area contributed by atoms with Crippen molar-refractivity contribution < 1.29 is 4.79 Å². The first-order valence-corrected chi connectivity index (χ1v) is 8.09. The number of nitrogens with one attached hydrogen (secondary N) is 2. The summed E-state index contributed by atoms with van der Waals surface area (Å²) in [6, 6.07) is 8.21. The Morgan fingerprint density at radius 3 is 2.80 bits per heavy atom. The van der Waals surface area contributed by atoms with E-state index in [0.717, 1.165) is 30.3 Å². The monoisotopic (exact) mass is 334 g/mol. The van der Waals surface area contributed by atoms with Crippen LogP contribution in [0.25, 0.3) is 0 Å². The van der Waals surface area contributed by atoms with Crippen LogP contribution in [0.5, 0.6) is 0 Å². The second kappa shape index (κ2) is 9.50. The normalized spacial score (nSPS) is 17.6. The maximum Gasteiger partial charge on any atom is 0.230 e. The lowest BCUT2D eigenvalue weighted by atomic mass is 10.2. The zero-order chi connectivity index (χ0) is 13.5. The largest absolute Gasteiger partial charge is 0.354 e. The fraction of sp³-hybridized carbons (Fsp3) is 0.500. The number of rotatable bonds is 6. The van der Waals surface area contributed by atoms with Crippen molar-refractivity contribution in [2.24, 2.45) is 0 Å². The van der Waals surface area contributed by atoms with E-state index in [-0.39, 0.29) is 18.3 Å². The van der Waals surface area contributed by atoms with E-state index in [1.165, 1.54) is 12.0 Å². The van der Waals surface area contributed by atoms with Crippen LogP contribution >= 0.6 is 35.8 Å². The molecule has 0 aromatic heterocycles. The van der Waals surface area contributed by atoms with Gasteiger partial charge in [-0.05, 0) is 37.1 Å². The van der Waals surface area contributed by atoms with Crippen molar-refractivity contribution in [2.45, 2.75) is 24.6 Å². The van der Waals surface area contributed by atoms with Crippen LogP contribution in [0.3, 0.4) is 0 Å². The minimum atomic E-state index is 0. The van der Waals surface area contributed by atoms with Gasteiger partial charge in [-0.2, -0.15) is 0 Å². The van der Waals surface area contributed by atoms with Gasteiger partial charge in [-0.1, -0.05) is 23.7 Å². The number of hydrogen-bond donors (Lipinski definition) is 2. The Morgan fingerprint density at radius 2 is 2.15 bits per heavy atom. The van der Waals surface area contributed by atoms with E-state index in [9.17, 15) is 4.79 Å². The van der Waals surface area contributed by atoms with Gasteiger partial charge in [-0.3, -0.25) is 4.79 Å². The molecule has 6 heteroatoms. The molecule has 20 heavy (non-hydrogen) atoms. The molecule has 2 N–H and O–H groups in total. The highest BCUT2D eigenvalue weighted by Crippen LogP contribution is 2.15. The van der Waals surface area contributed by atoms with Gasteiger partial charge in [0.2, 0.25) is 5.91 Å². The topological polar surface area (TPSA) is 41.1 Å². The van der Waals surface area contributed by atoms with Crippen molar-refractivity contribution in [1.29, 1.82) is 0 Å². The van der Waals surface area contributed by atoms with Gasteiger partial charge in [-0.15, -0.1) is 24.2 Å². The van der Waals surface area contributed by atoms with Crippen LogP contribution in [0.15, 0.2) is 24.3 Å². The van der Waals surface area contributed by atoms with Crippen molar-refractivity contribution in [3.8, 4) is 0 Å². The standard InChI is InChI=1S/C14H19ClN2OS.ClH/c15-12-5-3-11(4-6-12)9-19-10-14(18)17-8-13-2-1-7-16-13;/h3-6,13,16H,1-2,7-10H2,(H,17,18);1H. The molecule has 1 aliphatic rings. The number of carbonyl (C=O) groups is 1. The van der Waals surface area contributed by atoms with Gasteiger partial charge in [0.05, 0.1) is 5.75 Å². The highest BCUT2D eigenvalue weighted by molar-refractivity contribution is 7.99. The quantitative estimate of drug-likeness (QED) is 0.840. The third-order valence-electron chi connectivity index (χ3n) is 3.12. The van der Waals surface area contributed by atoms with E-state index in [1.54, 1.807) is 11.8 Å².